The molecule has 5 unspecified atom stereocenters. The van der Waals surface area contributed by atoms with Gasteiger partial charge in [-0.2, -0.15) is 0 Å². The van der Waals surface area contributed by atoms with Gasteiger partial charge in [0.15, 0.2) is 6.23 Å². The Kier molecular flexibility index (Phi) is 8.03. The van der Waals surface area contributed by atoms with Crippen LogP contribution in [0.3, 0.4) is 0 Å². The number of rotatable bonds is 4. The van der Waals surface area contributed by atoms with Gasteiger partial charge in [0.25, 0.3) is 0 Å². The van der Waals surface area contributed by atoms with E-state index in [2.05, 4.69) is 59.9 Å². The van der Waals surface area contributed by atoms with E-state index in [4.69, 9.17) is 4.74 Å². The molecule has 8 nitrogen and oxygen atoms in total. The van der Waals surface area contributed by atoms with E-state index < -0.39 is 42.7 Å². The molecule has 1 heterocycles. The molecule has 0 radical (unpaired) electrons. The summed E-state index contributed by atoms with van der Waals surface area (Å²) in [6.45, 7) is 16.2. The zero-order valence-electron chi connectivity index (χ0n) is 28.1. The van der Waals surface area contributed by atoms with Crippen molar-refractivity contribution in [1.29, 1.82) is 0 Å². The number of amides is 1. The first-order chi connectivity index (χ1) is 20.5. The summed E-state index contributed by atoms with van der Waals surface area (Å²) in [5, 5.41) is 55.2. The second-order valence-electron chi connectivity index (χ2n) is 17.4. The number of carbonyl (C=O) groups excluding carboxylic acids is 1. The minimum Gasteiger partial charge on any atom is -0.394 e. The molecule has 0 spiro atoms. The topological polar surface area (TPSA) is 139 Å². The normalized spacial score (nSPS) is 53.8. The van der Waals surface area contributed by atoms with E-state index in [1.807, 2.05) is 0 Å². The molecule has 1 saturated heterocycles. The average Bonchev–Trinajstić information content (AvgIpc) is 3.26. The van der Waals surface area contributed by atoms with Crippen molar-refractivity contribution in [3.05, 3.63) is 11.6 Å². The number of fused-ring (bicyclic) bond motifs is 7. The third kappa shape index (κ3) is 4.26. The Morgan fingerprint density at radius 2 is 1.66 bits per heavy atom. The maximum atomic E-state index is 14.4. The Hall–Kier alpha value is -1.03. The van der Waals surface area contributed by atoms with E-state index in [0.29, 0.717) is 23.7 Å². The fourth-order valence-electron chi connectivity index (χ4n) is 12.4. The van der Waals surface area contributed by atoms with Gasteiger partial charge in [-0.1, -0.05) is 60.1 Å². The summed E-state index contributed by atoms with van der Waals surface area (Å²) in [5.74, 6) is 1.61. The number of aliphatic hydroxyl groups excluding tert-OH is 5. The molecule has 0 bridgehead atoms. The molecule has 1 amide bonds. The van der Waals surface area contributed by atoms with Crippen LogP contribution in [0.5, 0.6) is 0 Å². The highest BCUT2D eigenvalue weighted by molar-refractivity contribution is 5.84. The van der Waals surface area contributed by atoms with E-state index in [1.54, 1.807) is 0 Å². The van der Waals surface area contributed by atoms with Crippen LogP contribution in [0.25, 0.3) is 0 Å². The van der Waals surface area contributed by atoms with Gasteiger partial charge < -0.3 is 35.6 Å². The van der Waals surface area contributed by atoms with Crippen molar-refractivity contribution in [2.75, 3.05) is 6.61 Å². The standard InChI is InChI=1S/C36H59NO7/c1-19-10-15-36(31(43)37-30(42)29-28(41)27(40)22(18-38)44-29)17-16-34(6)21(26(36)20(19)2)8-9-24-33(5)13-12-25(39)32(3,4)23(33)11-14-35(24,34)7/h8,19-20,22-30,38-42H,9-18H2,1-7H3,(H,37,43)/t19-,20+,22?,23?,24?,25+,26?,27+,28-,29?,30+,33+,34-,35-,36+/m1/s1. The molecule has 4 saturated carbocycles. The summed E-state index contributed by atoms with van der Waals surface area (Å²) in [6.07, 6.45) is 4.33. The summed E-state index contributed by atoms with van der Waals surface area (Å²) in [6, 6.07) is 0. The van der Waals surface area contributed by atoms with Gasteiger partial charge in [-0.25, -0.2) is 0 Å². The Morgan fingerprint density at radius 3 is 2.32 bits per heavy atom. The molecule has 1 aliphatic heterocycles. The number of hydrogen-bond acceptors (Lipinski definition) is 7. The molecule has 8 heteroatoms. The number of nitrogens with one attached hydrogen (secondary N) is 1. The lowest BCUT2D eigenvalue weighted by Gasteiger charge is -2.71. The molecule has 0 aromatic carbocycles. The van der Waals surface area contributed by atoms with Gasteiger partial charge in [0, 0.05) is 0 Å². The first-order valence-electron chi connectivity index (χ1n) is 17.5. The van der Waals surface area contributed by atoms with E-state index in [1.165, 1.54) is 5.57 Å². The van der Waals surface area contributed by atoms with Crippen molar-refractivity contribution in [3.63, 3.8) is 0 Å². The fraction of sp³-hybridized carbons (Fsp3) is 0.917. The summed E-state index contributed by atoms with van der Waals surface area (Å²) in [7, 11) is 0. The number of carbonyl (C=O) groups is 1. The number of hydrogen-bond donors (Lipinski definition) is 6. The molecule has 44 heavy (non-hydrogen) atoms. The number of ether oxygens (including phenoxy) is 1. The number of allylic oxidation sites excluding steroid dienone is 2. The highest BCUT2D eigenvalue weighted by Gasteiger charge is 2.69. The predicted octanol–water partition coefficient (Wildman–Crippen LogP) is 3.92. The van der Waals surface area contributed by atoms with E-state index in [0.717, 1.165) is 57.8 Å². The monoisotopic (exact) mass is 617 g/mol. The lowest BCUT2D eigenvalue weighted by molar-refractivity contribution is -0.205. The first-order valence-corrected chi connectivity index (χ1v) is 17.5. The molecular formula is C36H59NO7. The minimum absolute atomic E-state index is 0.0499. The van der Waals surface area contributed by atoms with Crippen molar-refractivity contribution in [3.8, 4) is 0 Å². The quantitative estimate of drug-likeness (QED) is 0.208. The Labute approximate surface area is 264 Å². The summed E-state index contributed by atoms with van der Waals surface area (Å²) < 4.78 is 5.56. The maximum absolute atomic E-state index is 14.4. The van der Waals surface area contributed by atoms with E-state index >= 15 is 0 Å². The predicted molar refractivity (Wildman–Crippen MR) is 167 cm³/mol. The van der Waals surface area contributed by atoms with Crippen LogP contribution in [0.1, 0.15) is 106 Å². The van der Waals surface area contributed by atoms with Crippen molar-refractivity contribution >= 4 is 5.91 Å². The molecule has 6 aliphatic rings. The largest absolute Gasteiger partial charge is 0.394 e. The van der Waals surface area contributed by atoms with Crippen molar-refractivity contribution in [1.82, 2.24) is 5.32 Å². The average molecular weight is 618 g/mol. The fourth-order valence-corrected chi connectivity index (χ4v) is 12.4. The summed E-state index contributed by atoms with van der Waals surface area (Å²) >= 11 is 0. The second-order valence-corrected chi connectivity index (χ2v) is 17.4. The molecular weight excluding hydrogens is 558 g/mol. The smallest absolute Gasteiger partial charge is 0.228 e. The van der Waals surface area contributed by atoms with Gasteiger partial charge in [-0.05, 0) is 109 Å². The van der Waals surface area contributed by atoms with Gasteiger partial charge >= 0.3 is 0 Å². The van der Waals surface area contributed by atoms with Gasteiger partial charge in [0.05, 0.1) is 18.1 Å². The third-order valence-electron chi connectivity index (χ3n) is 15.6. The van der Waals surface area contributed by atoms with Crippen molar-refractivity contribution in [2.24, 2.45) is 56.7 Å². The molecule has 6 rings (SSSR count). The van der Waals surface area contributed by atoms with Gasteiger partial charge in [0.1, 0.15) is 24.4 Å². The highest BCUT2D eigenvalue weighted by Crippen LogP contribution is 2.75. The van der Waals surface area contributed by atoms with Crippen LogP contribution in [0.2, 0.25) is 0 Å². The van der Waals surface area contributed by atoms with Crippen LogP contribution in [0, 0.1) is 56.7 Å². The molecule has 0 aromatic rings. The second kappa shape index (κ2) is 10.7. The van der Waals surface area contributed by atoms with E-state index in [-0.39, 0.29) is 39.6 Å². The Bertz CT molecular complexity index is 1170. The van der Waals surface area contributed by atoms with Crippen LogP contribution in [-0.2, 0) is 9.53 Å². The van der Waals surface area contributed by atoms with Crippen LogP contribution >= 0.6 is 0 Å². The lowest BCUT2D eigenvalue weighted by Crippen LogP contribution is -2.66. The van der Waals surface area contributed by atoms with Crippen molar-refractivity contribution in [2.45, 2.75) is 143 Å². The van der Waals surface area contributed by atoms with Gasteiger partial charge in [-0.15, -0.1) is 0 Å². The van der Waals surface area contributed by atoms with Gasteiger partial charge in [-0.3, -0.25) is 4.79 Å². The highest BCUT2D eigenvalue weighted by atomic mass is 16.6. The van der Waals surface area contributed by atoms with E-state index in [9.17, 15) is 30.3 Å². The lowest BCUT2D eigenvalue weighted by atomic mass is 9.33. The zero-order chi connectivity index (χ0) is 32.2. The SMILES string of the molecule is C[C@@H]1CC[C@]2(C(=O)N[C@@H](O)C3OC(CO)[C@H](O)[C@H]3O)CC[C@]3(C)C(=CCC4[C@@]5(C)CC[C@H](O)C(C)(C)C5CC[C@]43C)C2[C@H]1C. The molecule has 5 fully saturated rings. The van der Waals surface area contributed by atoms with Gasteiger partial charge in [0.2, 0.25) is 5.91 Å². The maximum Gasteiger partial charge on any atom is 0.228 e. The van der Waals surface area contributed by atoms with Crippen LogP contribution in [-0.4, -0.2) is 74.8 Å². The molecule has 0 aromatic heterocycles. The van der Waals surface area contributed by atoms with Crippen LogP contribution in [0.4, 0.5) is 0 Å². The number of aliphatic hydroxyl groups is 5. The zero-order valence-corrected chi connectivity index (χ0v) is 28.1. The van der Waals surface area contributed by atoms with Crippen LogP contribution in [0.15, 0.2) is 11.6 Å². The Morgan fingerprint density at radius 1 is 0.955 bits per heavy atom. The van der Waals surface area contributed by atoms with Crippen LogP contribution < -0.4 is 5.32 Å². The van der Waals surface area contributed by atoms with Crippen molar-refractivity contribution < 1.29 is 35.1 Å². The third-order valence-corrected chi connectivity index (χ3v) is 15.6. The Balaban J connectivity index is 1.34. The summed E-state index contributed by atoms with van der Waals surface area (Å²) in [5.41, 5.74) is 0.860. The summed E-state index contributed by atoms with van der Waals surface area (Å²) in [4.78, 5) is 14.4. The molecule has 5 aliphatic carbocycles. The molecule has 250 valence electrons. The molecule has 6 N–H and O–H groups in total. The molecule has 15 atom stereocenters. The first kappa shape index (κ1) is 32.9. The minimum atomic E-state index is -1.50.